The molecule has 0 fully saturated rings. The van der Waals surface area contributed by atoms with Crippen molar-refractivity contribution in [3.8, 4) is 5.75 Å². The van der Waals surface area contributed by atoms with Gasteiger partial charge in [0.25, 0.3) is 0 Å². The van der Waals surface area contributed by atoms with Crippen LogP contribution < -0.4 is 10.4 Å². The van der Waals surface area contributed by atoms with Gasteiger partial charge in [-0.1, -0.05) is 19.1 Å². The number of fused-ring (bicyclic) bond motifs is 1. The van der Waals surface area contributed by atoms with Crippen molar-refractivity contribution in [3.05, 3.63) is 40.8 Å². The van der Waals surface area contributed by atoms with Gasteiger partial charge in [0, 0.05) is 6.42 Å². The van der Waals surface area contributed by atoms with E-state index >= 15 is 0 Å². The van der Waals surface area contributed by atoms with Crippen LogP contribution in [0.15, 0.2) is 39.5 Å². The standard InChI is InChI=1S/C18H22O5/c1-2-17(19)22-12-8-4-3-7-11-21-16-13-18(20)23-15-10-6-5-9-14(15)16/h5-6,9-10,13H,2-4,7-8,11-12H2,1H3. The molecule has 0 spiro atoms. The maximum atomic E-state index is 11.5. The minimum absolute atomic E-state index is 0.150. The lowest BCUT2D eigenvalue weighted by molar-refractivity contribution is -0.143. The molecule has 124 valence electrons. The summed E-state index contributed by atoms with van der Waals surface area (Å²) >= 11 is 0. The molecule has 0 saturated heterocycles. The molecule has 0 amide bonds. The molecule has 5 nitrogen and oxygen atoms in total. The SMILES string of the molecule is CCC(=O)OCCCCCCOc1cc(=O)oc2ccccc12. The monoisotopic (exact) mass is 318 g/mol. The third-order valence-corrected chi connectivity index (χ3v) is 3.46. The second-order valence-electron chi connectivity index (χ2n) is 5.26. The molecule has 0 bridgehead atoms. The minimum atomic E-state index is -0.406. The first kappa shape index (κ1) is 17.1. The van der Waals surface area contributed by atoms with Crippen LogP contribution in [0, 0.1) is 0 Å². The number of benzene rings is 1. The zero-order valence-corrected chi connectivity index (χ0v) is 13.4. The smallest absolute Gasteiger partial charge is 0.339 e. The lowest BCUT2D eigenvalue weighted by Gasteiger charge is -2.08. The fourth-order valence-electron chi connectivity index (χ4n) is 2.23. The van der Waals surface area contributed by atoms with Crippen LogP contribution in [-0.4, -0.2) is 19.2 Å². The van der Waals surface area contributed by atoms with E-state index in [-0.39, 0.29) is 5.97 Å². The molecule has 0 radical (unpaired) electrons. The Labute approximate surface area is 135 Å². The van der Waals surface area contributed by atoms with E-state index in [1.165, 1.54) is 6.07 Å². The van der Waals surface area contributed by atoms with Gasteiger partial charge < -0.3 is 13.9 Å². The van der Waals surface area contributed by atoms with Crippen molar-refractivity contribution in [1.29, 1.82) is 0 Å². The van der Waals surface area contributed by atoms with E-state index in [1.807, 2.05) is 18.2 Å². The average Bonchev–Trinajstić information content (AvgIpc) is 2.56. The summed E-state index contributed by atoms with van der Waals surface area (Å²) in [6.45, 7) is 2.81. The van der Waals surface area contributed by atoms with Gasteiger partial charge in [0.1, 0.15) is 11.3 Å². The van der Waals surface area contributed by atoms with Crippen LogP contribution in [0.4, 0.5) is 0 Å². The van der Waals surface area contributed by atoms with Gasteiger partial charge in [0.2, 0.25) is 0 Å². The van der Waals surface area contributed by atoms with Gasteiger partial charge in [0.15, 0.2) is 0 Å². The molecule has 0 aliphatic heterocycles. The molecular formula is C18H22O5. The lowest BCUT2D eigenvalue weighted by Crippen LogP contribution is -2.04. The Kier molecular flexibility index (Phi) is 6.66. The van der Waals surface area contributed by atoms with Crippen molar-refractivity contribution in [2.75, 3.05) is 13.2 Å². The number of rotatable bonds is 9. The number of para-hydroxylation sites is 1. The highest BCUT2D eigenvalue weighted by atomic mass is 16.5. The average molecular weight is 318 g/mol. The number of hydrogen-bond acceptors (Lipinski definition) is 5. The molecule has 1 aromatic heterocycles. The predicted molar refractivity (Wildman–Crippen MR) is 87.7 cm³/mol. The van der Waals surface area contributed by atoms with Crippen LogP contribution in [0.1, 0.15) is 39.0 Å². The molecule has 0 aliphatic carbocycles. The van der Waals surface area contributed by atoms with Crippen LogP contribution in [-0.2, 0) is 9.53 Å². The molecule has 0 aliphatic rings. The third kappa shape index (κ3) is 5.43. The molecule has 5 heteroatoms. The molecule has 2 aromatic rings. The predicted octanol–water partition coefficient (Wildman–Crippen LogP) is 3.69. The Bertz CT molecular complexity index is 689. The Hall–Kier alpha value is -2.30. The zero-order valence-electron chi connectivity index (χ0n) is 13.4. The first-order valence-corrected chi connectivity index (χ1v) is 8.02. The largest absolute Gasteiger partial charge is 0.493 e. The lowest BCUT2D eigenvalue weighted by atomic mass is 10.2. The summed E-state index contributed by atoms with van der Waals surface area (Å²) in [6.07, 6.45) is 4.15. The maximum absolute atomic E-state index is 11.5. The number of hydrogen-bond donors (Lipinski definition) is 0. The second-order valence-corrected chi connectivity index (χ2v) is 5.26. The van der Waals surface area contributed by atoms with Crippen LogP contribution >= 0.6 is 0 Å². The van der Waals surface area contributed by atoms with Crippen molar-refractivity contribution >= 4 is 16.9 Å². The van der Waals surface area contributed by atoms with Gasteiger partial charge in [-0.15, -0.1) is 0 Å². The number of ether oxygens (including phenoxy) is 2. The van der Waals surface area contributed by atoms with Gasteiger partial charge >= 0.3 is 11.6 Å². The van der Waals surface area contributed by atoms with E-state index in [2.05, 4.69) is 0 Å². The van der Waals surface area contributed by atoms with Crippen molar-refractivity contribution in [2.24, 2.45) is 0 Å². The van der Waals surface area contributed by atoms with Gasteiger partial charge in [-0.3, -0.25) is 4.79 Å². The first-order chi connectivity index (χ1) is 11.2. The van der Waals surface area contributed by atoms with Crippen molar-refractivity contribution in [1.82, 2.24) is 0 Å². The number of carbonyl (C=O) groups excluding carboxylic acids is 1. The molecule has 23 heavy (non-hydrogen) atoms. The zero-order chi connectivity index (χ0) is 16.5. The highest BCUT2D eigenvalue weighted by molar-refractivity contribution is 5.82. The van der Waals surface area contributed by atoms with E-state index in [4.69, 9.17) is 13.9 Å². The summed E-state index contributed by atoms with van der Waals surface area (Å²) in [5, 5.41) is 0.804. The highest BCUT2D eigenvalue weighted by Gasteiger charge is 2.05. The summed E-state index contributed by atoms with van der Waals surface area (Å²) in [5.74, 6) is 0.414. The quantitative estimate of drug-likeness (QED) is 0.401. The van der Waals surface area contributed by atoms with Gasteiger partial charge in [-0.25, -0.2) is 4.79 Å². The van der Waals surface area contributed by atoms with Crippen molar-refractivity contribution < 1.29 is 18.7 Å². The number of unbranched alkanes of at least 4 members (excludes halogenated alkanes) is 3. The minimum Gasteiger partial charge on any atom is -0.493 e. The Morgan fingerprint density at radius 1 is 1.09 bits per heavy atom. The fraction of sp³-hybridized carbons (Fsp3) is 0.444. The molecule has 0 unspecified atom stereocenters. The Balaban J connectivity index is 1.71. The third-order valence-electron chi connectivity index (χ3n) is 3.46. The first-order valence-electron chi connectivity index (χ1n) is 8.02. The van der Waals surface area contributed by atoms with Crippen LogP contribution in [0.5, 0.6) is 5.75 Å². The van der Waals surface area contributed by atoms with E-state index in [9.17, 15) is 9.59 Å². The van der Waals surface area contributed by atoms with E-state index < -0.39 is 5.63 Å². The topological polar surface area (TPSA) is 65.7 Å². The molecule has 0 saturated carbocycles. The van der Waals surface area contributed by atoms with Crippen LogP contribution in [0.3, 0.4) is 0 Å². The van der Waals surface area contributed by atoms with Gasteiger partial charge in [-0.2, -0.15) is 0 Å². The molecule has 0 atom stereocenters. The number of carbonyl (C=O) groups is 1. The summed E-state index contributed by atoms with van der Waals surface area (Å²) in [7, 11) is 0. The molecular weight excluding hydrogens is 296 g/mol. The summed E-state index contributed by atoms with van der Waals surface area (Å²) in [5.41, 5.74) is 0.129. The molecule has 1 aromatic carbocycles. The van der Waals surface area contributed by atoms with Crippen molar-refractivity contribution in [2.45, 2.75) is 39.0 Å². The highest BCUT2D eigenvalue weighted by Crippen LogP contribution is 2.23. The summed E-state index contributed by atoms with van der Waals surface area (Å²) in [4.78, 5) is 22.5. The summed E-state index contributed by atoms with van der Waals surface area (Å²) < 4.78 is 15.9. The molecule has 2 rings (SSSR count). The number of esters is 1. The maximum Gasteiger partial charge on any atom is 0.339 e. The van der Waals surface area contributed by atoms with E-state index in [0.717, 1.165) is 31.1 Å². The Morgan fingerprint density at radius 3 is 2.61 bits per heavy atom. The van der Waals surface area contributed by atoms with Gasteiger partial charge in [0.05, 0.1) is 24.7 Å². The molecule has 1 heterocycles. The second kappa shape index (κ2) is 8.98. The van der Waals surface area contributed by atoms with Crippen LogP contribution in [0.25, 0.3) is 11.0 Å². The van der Waals surface area contributed by atoms with E-state index in [1.54, 1.807) is 13.0 Å². The van der Waals surface area contributed by atoms with E-state index in [0.29, 0.717) is 31.0 Å². The normalized spacial score (nSPS) is 10.7. The molecule has 0 N–H and O–H groups in total. The Morgan fingerprint density at radius 2 is 1.83 bits per heavy atom. The van der Waals surface area contributed by atoms with Crippen molar-refractivity contribution in [3.63, 3.8) is 0 Å². The fourth-order valence-corrected chi connectivity index (χ4v) is 2.23. The summed E-state index contributed by atoms with van der Waals surface area (Å²) in [6, 6.07) is 8.70. The van der Waals surface area contributed by atoms with Gasteiger partial charge in [-0.05, 0) is 37.8 Å². The van der Waals surface area contributed by atoms with Crippen LogP contribution in [0.2, 0.25) is 0 Å².